The lowest BCUT2D eigenvalue weighted by atomic mass is 10.0. The van der Waals surface area contributed by atoms with Gasteiger partial charge >= 0.3 is 0 Å². The molecule has 0 fully saturated rings. The summed E-state index contributed by atoms with van der Waals surface area (Å²) >= 11 is 0. The summed E-state index contributed by atoms with van der Waals surface area (Å²) in [6.07, 6.45) is 6.43. The Morgan fingerprint density at radius 2 is 1.73 bits per heavy atom. The molecule has 1 unspecified atom stereocenters. The number of benzene rings is 1. The molecule has 1 amide bonds. The first kappa shape index (κ1) is 17.0. The van der Waals surface area contributed by atoms with Gasteiger partial charge in [-0.05, 0) is 47.7 Å². The highest BCUT2D eigenvalue weighted by Gasteiger charge is 2.36. The summed E-state index contributed by atoms with van der Waals surface area (Å²) in [5.41, 5.74) is 3.37. The van der Waals surface area contributed by atoms with E-state index in [1.165, 1.54) is 16.5 Å². The van der Waals surface area contributed by atoms with E-state index in [0.29, 0.717) is 19.4 Å². The molecule has 6 heteroatoms. The Hall–Kier alpha value is -2.47. The first-order chi connectivity index (χ1) is 12.5. The van der Waals surface area contributed by atoms with Crippen molar-refractivity contribution in [2.75, 3.05) is 5.75 Å². The van der Waals surface area contributed by atoms with Crippen molar-refractivity contribution in [1.82, 2.24) is 9.88 Å². The van der Waals surface area contributed by atoms with Crippen LogP contribution < -0.4 is 0 Å². The number of fused-ring (bicyclic) bond motifs is 1. The van der Waals surface area contributed by atoms with E-state index in [1.54, 1.807) is 23.4 Å². The molecule has 134 valence electrons. The van der Waals surface area contributed by atoms with Crippen LogP contribution in [-0.4, -0.2) is 36.0 Å². The monoisotopic (exact) mass is 368 g/mol. The van der Waals surface area contributed by atoms with Gasteiger partial charge in [-0.15, -0.1) is 0 Å². The van der Waals surface area contributed by atoms with E-state index < -0.39 is 15.9 Å². The third kappa shape index (κ3) is 3.42. The van der Waals surface area contributed by atoms with Gasteiger partial charge in [-0.2, -0.15) is 0 Å². The summed E-state index contributed by atoms with van der Waals surface area (Å²) in [5, 5.41) is 1.23. The summed E-state index contributed by atoms with van der Waals surface area (Å²) in [6, 6.07) is 11.4. The zero-order valence-electron chi connectivity index (χ0n) is 14.3. The molecule has 2 aromatic rings. The van der Waals surface area contributed by atoms with Crippen molar-refractivity contribution in [3.05, 3.63) is 77.0 Å². The molecule has 5 nitrogen and oxygen atoms in total. The van der Waals surface area contributed by atoms with Crippen molar-refractivity contribution >= 4 is 15.7 Å². The molecule has 1 aliphatic carbocycles. The highest BCUT2D eigenvalue weighted by molar-refractivity contribution is 7.94. The summed E-state index contributed by atoms with van der Waals surface area (Å²) in [6.45, 7) is 0.388. The highest BCUT2D eigenvalue weighted by Crippen LogP contribution is 2.30. The van der Waals surface area contributed by atoms with Gasteiger partial charge in [-0.1, -0.05) is 24.3 Å². The minimum atomic E-state index is -3.23. The first-order valence-corrected chi connectivity index (χ1v) is 10.4. The zero-order valence-corrected chi connectivity index (χ0v) is 15.1. The van der Waals surface area contributed by atoms with E-state index in [2.05, 4.69) is 17.1 Å². The molecule has 1 atom stereocenters. The normalized spacial score (nSPS) is 20.8. The Bertz CT molecular complexity index is 929. The maximum absolute atomic E-state index is 13.3. The van der Waals surface area contributed by atoms with Gasteiger partial charge in [-0.3, -0.25) is 9.78 Å². The second-order valence-corrected chi connectivity index (χ2v) is 8.85. The number of hydrogen-bond acceptors (Lipinski definition) is 4. The molecule has 2 aliphatic rings. The molecule has 1 aliphatic heterocycles. The number of hydrogen-bond donors (Lipinski definition) is 0. The van der Waals surface area contributed by atoms with Crippen molar-refractivity contribution in [3.63, 3.8) is 0 Å². The van der Waals surface area contributed by atoms with E-state index in [1.807, 2.05) is 24.3 Å². The number of carbonyl (C=O) groups excluding carboxylic acids is 1. The predicted molar refractivity (Wildman–Crippen MR) is 98.8 cm³/mol. The van der Waals surface area contributed by atoms with Crippen molar-refractivity contribution in [1.29, 1.82) is 0 Å². The van der Waals surface area contributed by atoms with E-state index in [-0.39, 0.29) is 17.6 Å². The first-order valence-electron chi connectivity index (χ1n) is 8.69. The molecule has 1 aromatic heterocycles. The van der Waals surface area contributed by atoms with Crippen LogP contribution in [0.15, 0.2) is 60.3 Å². The SMILES string of the molecule is O=C(C1Cc2ccccc2C1)N(Cc1ccncc1)C1C=CS(=O)(=O)C1. The molecule has 0 saturated carbocycles. The second-order valence-electron chi connectivity index (χ2n) is 6.92. The number of aromatic nitrogens is 1. The lowest BCUT2D eigenvalue weighted by Crippen LogP contribution is -2.44. The van der Waals surface area contributed by atoms with Gasteiger partial charge in [0, 0.05) is 30.3 Å². The number of pyridine rings is 1. The minimum absolute atomic E-state index is 0.0183. The fourth-order valence-electron chi connectivity index (χ4n) is 3.76. The Kier molecular flexibility index (Phi) is 4.36. The van der Waals surface area contributed by atoms with Crippen LogP contribution in [0.2, 0.25) is 0 Å². The summed E-state index contributed by atoms with van der Waals surface area (Å²) < 4.78 is 23.8. The summed E-state index contributed by atoms with van der Waals surface area (Å²) in [4.78, 5) is 19.0. The van der Waals surface area contributed by atoms with Crippen LogP contribution in [0.5, 0.6) is 0 Å². The van der Waals surface area contributed by atoms with Gasteiger partial charge in [0.05, 0.1) is 11.8 Å². The number of sulfone groups is 1. The third-order valence-electron chi connectivity index (χ3n) is 5.10. The van der Waals surface area contributed by atoms with Crippen LogP contribution in [0.1, 0.15) is 16.7 Å². The Labute approximate surface area is 153 Å². The molecule has 1 aromatic carbocycles. The van der Waals surface area contributed by atoms with Crippen LogP contribution in [0.4, 0.5) is 0 Å². The third-order valence-corrected chi connectivity index (χ3v) is 6.48. The Morgan fingerprint density at radius 3 is 2.31 bits per heavy atom. The van der Waals surface area contributed by atoms with E-state index in [0.717, 1.165) is 5.56 Å². The maximum atomic E-state index is 13.3. The molecule has 0 bridgehead atoms. The van der Waals surface area contributed by atoms with Crippen molar-refractivity contribution in [2.24, 2.45) is 5.92 Å². The van der Waals surface area contributed by atoms with E-state index in [9.17, 15) is 13.2 Å². The van der Waals surface area contributed by atoms with Gasteiger partial charge in [0.1, 0.15) is 0 Å². The van der Waals surface area contributed by atoms with Crippen LogP contribution in [-0.2, 0) is 34.0 Å². The van der Waals surface area contributed by atoms with Gasteiger partial charge in [0.15, 0.2) is 9.84 Å². The molecule has 4 rings (SSSR count). The van der Waals surface area contributed by atoms with Crippen molar-refractivity contribution in [2.45, 2.75) is 25.4 Å². The Morgan fingerprint density at radius 1 is 1.08 bits per heavy atom. The average molecular weight is 368 g/mol. The van der Waals surface area contributed by atoms with Crippen LogP contribution >= 0.6 is 0 Å². The Balaban J connectivity index is 1.59. The fourth-order valence-corrected chi connectivity index (χ4v) is 5.06. The zero-order chi connectivity index (χ0) is 18.1. The predicted octanol–water partition coefficient (Wildman–Crippen LogP) is 2.14. The number of carbonyl (C=O) groups is 1. The van der Waals surface area contributed by atoms with Gasteiger partial charge in [0.25, 0.3) is 0 Å². The molecular formula is C20H20N2O3S. The molecule has 0 radical (unpaired) electrons. The lowest BCUT2D eigenvalue weighted by molar-refractivity contribution is -0.137. The molecule has 26 heavy (non-hydrogen) atoms. The average Bonchev–Trinajstić information content (AvgIpc) is 3.23. The van der Waals surface area contributed by atoms with E-state index in [4.69, 9.17) is 0 Å². The van der Waals surface area contributed by atoms with Crippen LogP contribution in [0.3, 0.4) is 0 Å². The van der Waals surface area contributed by atoms with Crippen LogP contribution in [0.25, 0.3) is 0 Å². The fraction of sp³-hybridized carbons (Fsp3) is 0.300. The molecule has 2 heterocycles. The molecule has 0 spiro atoms. The topological polar surface area (TPSA) is 67.3 Å². The van der Waals surface area contributed by atoms with Gasteiger partial charge in [0.2, 0.25) is 5.91 Å². The van der Waals surface area contributed by atoms with E-state index >= 15 is 0 Å². The summed E-state index contributed by atoms with van der Waals surface area (Å²) in [7, 11) is -3.23. The van der Waals surface area contributed by atoms with Crippen molar-refractivity contribution in [3.8, 4) is 0 Å². The maximum Gasteiger partial charge on any atom is 0.227 e. The molecule has 0 N–H and O–H groups in total. The van der Waals surface area contributed by atoms with Gasteiger partial charge in [-0.25, -0.2) is 8.42 Å². The molecule has 0 saturated heterocycles. The van der Waals surface area contributed by atoms with Crippen LogP contribution in [0, 0.1) is 5.92 Å². The quantitative estimate of drug-likeness (QED) is 0.829. The number of nitrogens with zero attached hydrogens (tertiary/aromatic N) is 2. The standard InChI is InChI=1S/C20H20N2O3S/c23-20(18-11-16-3-1-2-4-17(16)12-18)22(13-15-5-8-21-9-6-15)19-7-10-26(24,25)14-19/h1-10,18-19H,11-14H2. The minimum Gasteiger partial charge on any atom is -0.331 e. The van der Waals surface area contributed by atoms with Gasteiger partial charge < -0.3 is 4.90 Å². The highest BCUT2D eigenvalue weighted by atomic mass is 32.2. The summed E-state index contributed by atoms with van der Waals surface area (Å²) in [5.74, 6) is -0.153. The smallest absolute Gasteiger partial charge is 0.227 e. The second kappa shape index (κ2) is 6.68. The molecular weight excluding hydrogens is 348 g/mol. The number of rotatable bonds is 4. The lowest BCUT2D eigenvalue weighted by Gasteiger charge is -2.30. The largest absolute Gasteiger partial charge is 0.331 e. The van der Waals surface area contributed by atoms with Crippen molar-refractivity contribution < 1.29 is 13.2 Å². The number of amides is 1.